The van der Waals surface area contributed by atoms with E-state index in [1.54, 1.807) is 0 Å². The molecule has 0 aliphatic carbocycles. The highest BCUT2D eigenvalue weighted by Crippen LogP contribution is 2.66. The van der Waals surface area contributed by atoms with E-state index >= 15 is 0 Å². The predicted molar refractivity (Wildman–Crippen MR) is 75.3 cm³/mol. The Bertz CT molecular complexity index is 751. The molecule has 0 saturated carbocycles. The molecule has 1 aromatic rings. The van der Waals surface area contributed by atoms with Crippen LogP contribution in [0.2, 0.25) is 0 Å². The molecular formula is C14H13F8O4P. The SMILES string of the molecule is CC1(F)C(F)(F)OC(F)(C(F)(F)C(OP(C)(=O)O)c2ccccc2)C1(F)F. The summed E-state index contributed by atoms with van der Waals surface area (Å²) in [5.74, 6) is -17.7. The Morgan fingerprint density at radius 2 is 1.59 bits per heavy atom. The third-order valence-corrected chi connectivity index (χ3v) is 4.57. The second-order valence-electron chi connectivity index (χ2n) is 6.11. The number of hydrogen-bond acceptors (Lipinski definition) is 3. The van der Waals surface area contributed by atoms with Gasteiger partial charge < -0.3 is 4.89 Å². The highest BCUT2D eigenvalue weighted by molar-refractivity contribution is 7.51. The van der Waals surface area contributed by atoms with Crippen LogP contribution in [0.15, 0.2) is 30.3 Å². The van der Waals surface area contributed by atoms with Crippen LogP contribution < -0.4 is 0 Å². The molecule has 0 aromatic heterocycles. The van der Waals surface area contributed by atoms with Gasteiger partial charge in [-0.25, -0.2) is 4.39 Å². The molecule has 1 aliphatic rings. The van der Waals surface area contributed by atoms with Gasteiger partial charge in [0.2, 0.25) is 0 Å². The Morgan fingerprint density at radius 3 is 1.96 bits per heavy atom. The summed E-state index contributed by atoms with van der Waals surface area (Å²) in [6, 6.07) is 4.94. The molecule has 1 aliphatic heterocycles. The third kappa shape index (κ3) is 3.16. The molecule has 154 valence electrons. The fraction of sp³-hybridized carbons (Fsp3) is 0.571. The Balaban J connectivity index is 2.67. The Hall–Kier alpha value is -1.23. The second kappa shape index (κ2) is 6.13. The molecule has 1 heterocycles. The molecule has 4 nitrogen and oxygen atoms in total. The zero-order chi connectivity index (χ0) is 21.1. The second-order valence-corrected chi connectivity index (χ2v) is 7.93. The molecule has 1 saturated heterocycles. The maximum absolute atomic E-state index is 14.7. The lowest BCUT2D eigenvalue weighted by molar-refractivity contribution is -0.388. The van der Waals surface area contributed by atoms with Gasteiger partial charge in [0.1, 0.15) is 0 Å². The molecule has 2 rings (SSSR count). The van der Waals surface area contributed by atoms with Crippen LogP contribution in [0, 0.1) is 0 Å². The maximum Gasteiger partial charge on any atom is 0.398 e. The summed E-state index contributed by atoms with van der Waals surface area (Å²) < 4.78 is 131. The molecule has 13 heteroatoms. The number of rotatable bonds is 5. The van der Waals surface area contributed by atoms with Gasteiger partial charge in [0.05, 0.1) is 0 Å². The highest BCUT2D eigenvalue weighted by Gasteiger charge is 2.92. The molecule has 1 fully saturated rings. The Labute approximate surface area is 147 Å². The van der Waals surface area contributed by atoms with Crippen molar-refractivity contribution in [2.45, 2.75) is 42.5 Å². The molecule has 4 atom stereocenters. The van der Waals surface area contributed by atoms with E-state index in [1.165, 1.54) is 6.07 Å². The molecular weight excluding hydrogens is 415 g/mol. The normalized spacial score (nSPS) is 33.4. The molecule has 27 heavy (non-hydrogen) atoms. The summed E-state index contributed by atoms with van der Waals surface area (Å²) in [5, 5.41) is 0. The molecule has 0 amide bonds. The van der Waals surface area contributed by atoms with Crippen LogP contribution in [-0.4, -0.2) is 41.0 Å². The molecule has 0 radical (unpaired) electrons. The highest BCUT2D eigenvalue weighted by atomic mass is 31.2. The van der Waals surface area contributed by atoms with Crippen molar-refractivity contribution in [3.05, 3.63) is 35.9 Å². The Morgan fingerprint density at radius 1 is 1.11 bits per heavy atom. The van der Waals surface area contributed by atoms with Crippen molar-refractivity contribution in [3.8, 4) is 0 Å². The first-order chi connectivity index (χ1) is 11.9. The van der Waals surface area contributed by atoms with Gasteiger partial charge in [0.25, 0.3) is 5.67 Å². The minimum atomic E-state index is -6.06. The van der Waals surface area contributed by atoms with Crippen molar-refractivity contribution >= 4 is 7.60 Å². The van der Waals surface area contributed by atoms with Gasteiger partial charge in [0, 0.05) is 6.66 Å². The van der Waals surface area contributed by atoms with Crippen molar-refractivity contribution < 1.29 is 53.8 Å². The van der Waals surface area contributed by atoms with E-state index in [2.05, 4.69) is 9.26 Å². The zero-order valence-electron chi connectivity index (χ0n) is 13.6. The predicted octanol–water partition coefficient (Wildman–Crippen LogP) is 4.85. The van der Waals surface area contributed by atoms with Crippen molar-refractivity contribution in [1.29, 1.82) is 0 Å². The van der Waals surface area contributed by atoms with E-state index in [0.29, 0.717) is 6.66 Å². The van der Waals surface area contributed by atoms with E-state index in [9.17, 15) is 44.6 Å². The van der Waals surface area contributed by atoms with E-state index in [4.69, 9.17) is 0 Å². The number of benzene rings is 1. The molecule has 4 unspecified atom stereocenters. The lowest BCUT2D eigenvalue weighted by Gasteiger charge is -2.38. The van der Waals surface area contributed by atoms with Gasteiger partial charge in [-0.1, -0.05) is 30.3 Å². The van der Waals surface area contributed by atoms with Crippen LogP contribution in [0.25, 0.3) is 0 Å². The van der Waals surface area contributed by atoms with Gasteiger partial charge in [0.15, 0.2) is 6.10 Å². The van der Waals surface area contributed by atoms with Crippen LogP contribution in [-0.2, 0) is 13.8 Å². The van der Waals surface area contributed by atoms with Gasteiger partial charge in [-0.2, -0.15) is 30.7 Å². The quantitative estimate of drug-likeness (QED) is 0.539. The van der Waals surface area contributed by atoms with Gasteiger partial charge >= 0.3 is 31.4 Å². The van der Waals surface area contributed by atoms with Crippen molar-refractivity contribution in [2.24, 2.45) is 0 Å². The lowest BCUT2D eigenvalue weighted by atomic mass is 9.88. The first-order valence-electron chi connectivity index (χ1n) is 7.16. The third-order valence-electron chi connectivity index (χ3n) is 3.97. The smallest absolute Gasteiger partial charge is 0.324 e. The van der Waals surface area contributed by atoms with E-state index in [-0.39, 0.29) is 0 Å². The summed E-state index contributed by atoms with van der Waals surface area (Å²) in [6.45, 7) is -0.120. The number of halogens is 8. The topological polar surface area (TPSA) is 55.8 Å². The summed E-state index contributed by atoms with van der Waals surface area (Å²) in [6.07, 6.45) is -8.91. The fourth-order valence-electron chi connectivity index (χ4n) is 2.43. The number of alkyl halides is 8. The van der Waals surface area contributed by atoms with Crippen LogP contribution in [0.3, 0.4) is 0 Å². The van der Waals surface area contributed by atoms with E-state index in [1.807, 2.05) is 0 Å². The van der Waals surface area contributed by atoms with Crippen LogP contribution in [0.4, 0.5) is 35.1 Å². The van der Waals surface area contributed by atoms with E-state index < -0.39 is 55.7 Å². The fourth-order valence-corrected chi connectivity index (χ4v) is 3.07. The standard InChI is InChI=1S/C14H13F8O4P/c1-10(15)12(18,19)13(20,26-14(10,21)22)11(16,17)9(25-27(2,23)24)8-6-4-3-5-7-8/h3-7,9H,1-2H3,(H,23,24). The van der Waals surface area contributed by atoms with Crippen molar-refractivity contribution in [3.63, 3.8) is 0 Å². The summed E-state index contributed by atoms with van der Waals surface area (Å²) in [7, 11) is -4.89. The minimum Gasteiger partial charge on any atom is -0.324 e. The minimum absolute atomic E-state index is 0.380. The zero-order valence-corrected chi connectivity index (χ0v) is 14.5. The van der Waals surface area contributed by atoms with Gasteiger partial charge in [-0.15, -0.1) is 0 Å². The van der Waals surface area contributed by atoms with Gasteiger partial charge in [-0.05, 0) is 12.5 Å². The van der Waals surface area contributed by atoms with Crippen molar-refractivity contribution in [1.82, 2.24) is 0 Å². The number of ether oxygens (including phenoxy) is 1. The first kappa shape index (κ1) is 22.1. The Kier molecular flexibility index (Phi) is 5.01. The average molecular weight is 428 g/mol. The summed E-state index contributed by atoms with van der Waals surface area (Å²) in [4.78, 5) is 9.20. The molecule has 0 spiro atoms. The maximum atomic E-state index is 14.7. The lowest BCUT2D eigenvalue weighted by Crippen LogP contribution is -2.62. The largest absolute Gasteiger partial charge is 0.398 e. The molecule has 1 N–H and O–H groups in total. The van der Waals surface area contributed by atoms with Crippen LogP contribution >= 0.6 is 7.60 Å². The monoisotopic (exact) mass is 428 g/mol. The number of hydrogen-bond donors (Lipinski definition) is 1. The molecule has 0 bridgehead atoms. The van der Waals surface area contributed by atoms with Gasteiger partial charge in [-0.3, -0.25) is 13.8 Å². The summed E-state index contributed by atoms with van der Waals surface area (Å²) >= 11 is 0. The molecule has 1 aromatic carbocycles. The van der Waals surface area contributed by atoms with Crippen LogP contribution in [0.1, 0.15) is 18.6 Å². The van der Waals surface area contributed by atoms with E-state index in [0.717, 1.165) is 24.3 Å². The first-order valence-corrected chi connectivity index (χ1v) is 9.18. The average Bonchev–Trinajstić information content (AvgIpc) is 2.60. The van der Waals surface area contributed by atoms with Crippen molar-refractivity contribution in [2.75, 3.05) is 6.66 Å². The van der Waals surface area contributed by atoms with Crippen LogP contribution in [0.5, 0.6) is 0 Å². The summed E-state index contributed by atoms with van der Waals surface area (Å²) in [5.41, 5.74) is -5.96.